The predicted octanol–water partition coefficient (Wildman–Crippen LogP) is 5.11. The Morgan fingerprint density at radius 3 is 2.47 bits per heavy atom. The van der Waals surface area contributed by atoms with Gasteiger partial charge in [-0.25, -0.2) is 0 Å². The molecule has 2 aliphatic rings. The molecule has 0 spiro atoms. The average Bonchev–Trinajstić information content (AvgIpc) is 2.88. The van der Waals surface area contributed by atoms with Crippen LogP contribution in [0.4, 0.5) is 5.69 Å². The van der Waals surface area contributed by atoms with Crippen molar-refractivity contribution in [3.05, 3.63) is 71.4 Å². The molecule has 3 heterocycles. The van der Waals surface area contributed by atoms with E-state index in [2.05, 4.69) is 70.2 Å². The van der Waals surface area contributed by atoms with Gasteiger partial charge in [0, 0.05) is 43.7 Å². The summed E-state index contributed by atoms with van der Waals surface area (Å²) in [6.45, 7) is 5.41. The molecule has 5 heteroatoms. The third-order valence-electron chi connectivity index (χ3n) is 7.57. The van der Waals surface area contributed by atoms with E-state index in [9.17, 15) is 10.1 Å². The van der Waals surface area contributed by atoms with Crippen LogP contribution in [0.1, 0.15) is 42.4 Å². The van der Waals surface area contributed by atoms with Crippen molar-refractivity contribution in [1.82, 2.24) is 9.88 Å². The third kappa shape index (κ3) is 4.63. The third-order valence-corrected chi connectivity index (χ3v) is 7.57. The van der Waals surface area contributed by atoms with Crippen molar-refractivity contribution in [1.29, 1.82) is 5.26 Å². The van der Waals surface area contributed by atoms with Gasteiger partial charge in [-0.1, -0.05) is 42.0 Å². The molecule has 1 aromatic heterocycles. The minimum Gasteiger partial charge on any atom is -0.370 e. The number of hydrogen-bond acceptors (Lipinski definition) is 4. The summed E-state index contributed by atoms with van der Waals surface area (Å²) >= 11 is 0. The van der Waals surface area contributed by atoms with E-state index in [1.807, 2.05) is 6.07 Å². The molecule has 0 saturated carbocycles. The lowest BCUT2D eigenvalue weighted by atomic mass is 9.88. The van der Waals surface area contributed by atoms with E-state index in [1.54, 1.807) is 6.20 Å². The molecule has 5 nitrogen and oxygen atoms in total. The Hall–Kier alpha value is -3.39. The fourth-order valence-corrected chi connectivity index (χ4v) is 5.63. The van der Waals surface area contributed by atoms with Crippen molar-refractivity contribution in [2.24, 2.45) is 11.8 Å². The van der Waals surface area contributed by atoms with Crippen LogP contribution in [0.15, 0.2) is 54.7 Å². The topological polar surface area (TPSA) is 60.2 Å². The van der Waals surface area contributed by atoms with Gasteiger partial charge in [0.25, 0.3) is 0 Å². The number of carbonyl (C=O) groups excluding carboxylic acids is 1. The summed E-state index contributed by atoms with van der Waals surface area (Å²) in [6.07, 6.45) is 6.65. The molecule has 0 atom stereocenters. The van der Waals surface area contributed by atoms with Crippen molar-refractivity contribution < 1.29 is 4.79 Å². The van der Waals surface area contributed by atoms with Crippen molar-refractivity contribution in [2.45, 2.75) is 39.0 Å². The van der Waals surface area contributed by atoms with Gasteiger partial charge in [-0.2, -0.15) is 5.26 Å². The molecule has 0 bridgehead atoms. The first-order valence-corrected chi connectivity index (χ1v) is 12.5. The van der Waals surface area contributed by atoms with Crippen molar-refractivity contribution in [2.75, 3.05) is 31.1 Å². The highest BCUT2D eigenvalue weighted by atomic mass is 16.2. The van der Waals surface area contributed by atoms with Crippen LogP contribution in [0.25, 0.3) is 10.9 Å². The molecular formula is C29H32N4O. The highest BCUT2D eigenvalue weighted by molar-refractivity contribution is 5.95. The van der Waals surface area contributed by atoms with Crippen LogP contribution < -0.4 is 4.90 Å². The molecule has 0 N–H and O–H groups in total. The second kappa shape index (κ2) is 9.85. The molecule has 34 heavy (non-hydrogen) atoms. The second-order valence-corrected chi connectivity index (χ2v) is 9.87. The van der Waals surface area contributed by atoms with Crippen molar-refractivity contribution >= 4 is 22.5 Å². The van der Waals surface area contributed by atoms with Crippen molar-refractivity contribution in [3.63, 3.8) is 0 Å². The van der Waals surface area contributed by atoms with Gasteiger partial charge in [0.15, 0.2) is 0 Å². The number of aryl methyl sites for hydroxylation is 1. The molecule has 2 saturated heterocycles. The maximum absolute atomic E-state index is 13.3. The molecule has 2 fully saturated rings. The van der Waals surface area contributed by atoms with E-state index in [0.29, 0.717) is 17.4 Å². The Bertz CT molecular complexity index is 1200. The van der Waals surface area contributed by atoms with E-state index in [1.165, 1.54) is 5.56 Å². The molecular weight excluding hydrogens is 420 g/mol. The normalized spacial score (nSPS) is 17.6. The lowest BCUT2D eigenvalue weighted by Gasteiger charge is -2.38. The number of likely N-dealkylation sites (tertiary alicyclic amines) is 1. The van der Waals surface area contributed by atoms with Crippen LogP contribution in [0.3, 0.4) is 0 Å². The van der Waals surface area contributed by atoms with Gasteiger partial charge in [-0.05, 0) is 62.6 Å². The fraction of sp³-hybridized carbons (Fsp3) is 0.414. The van der Waals surface area contributed by atoms with Crippen LogP contribution >= 0.6 is 0 Å². The molecule has 0 aliphatic carbocycles. The van der Waals surface area contributed by atoms with Gasteiger partial charge in [-0.3, -0.25) is 9.78 Å². The Labute approximate surface area is 202 Å². The number of nitrogens with zero attached hydrogens (tertiary/aromatic N) is 4. The first kappa shape index (κ1) is 22.4. The van der Waals surface area contributed by atoms with Crippen molar-refractivity contribution in [3.8, 4) is 6.07 Å². The Balaban J connectivity index is 1.20. The Kier molecular flexibility index (Phi) is 6.49. The lowest BCUT2D eigenvalue weighted by Crippen LogP contribution is -2.45. The summed E-state index contributed by atoms with van der Waals surface area (Å²) in [4.78, 5) is 22.2. The Morgan fingerprint density at radius 2 is 1.76 bits per heavy atom. The van der Waals surface area contributed by atoms with E-state index in [0.717, 1.165) is 80.4 Å². The molecule has 2 aliphatic heterocycles. The fourth-order valence-electron chi connectivity index (χ4n) is 5.63. The van der Waals surface area contributed by atoms with Gasteiger partial charge in [0.05, 0.1) is 16.8 Å². The maximum atomic E-state index is 13.3. The molecule has 5 rings (SSSR count). The lowest BCUT2D eigenvalue weighted by molar-refractivity contribution is -0.137. The number of fused-ring (bicyclic) bond motifs is 1. The monoisotopic (exact) mass is 452 g/mol. The van der Waals surface area contributed by atoms with Gasteiger partial charge in [-0.15, -0.1) is 0 Å². The smallest absolute Gasteiger partial charge is 0.225 e. The van der Waals surface area contributed by atoms with Crippen LogP contribution in [-0.2, 0) is 11.2 Å². The molecule has 3 aromatic rings. The minimum absolute atomic E-state index is 0.0855. The molecule has 0 radical (unpaired) electrons. The molecule has 0 unspecified atom stereocenters. The number of aromatic nitrogens is 1. The molecule has 1 amide bonds. The summed E-state index contributed by atoms with van der Waals surface area (Å²) in [5.41, 5.74) is 5.06. The summed E-state index contributed by atoms with van der Waals surface area (Å²) in [6, 6.07) is 19.2. The number of rotatable bonds is 4. The number of benzene rings is 2. The number of carbonyl (C=O) groups is 1. The van der Waals surface area contributed by atoms with Gasteiger partial charge in [0.1, 0.15) is 6.07 Å². The van der Waals surface area contributed by atoms with Gasteiger partial charge in [0.2, 0.25) is 5.91 Å². The van der Waals surface area contributed by atoms with E-state index >= 15 is 0 Å². The second-order valence-electron chi connectivity index (χ2n) is 9.87. The summed E-state index contributed by atoms with van der Waals surface area (Å²) in [5, 5.41) is 10.8. The highest BCUT2D eigenvalue weighted by Crippen LogP contribution is 2.34. The quantitative estimate of drug-likeness (QED) is 0.552. The predicted molar refractivity (Wildman–Crippen MR) is 136 cm³/mol. The van der Waals surface area contributed by atoms with E-state index in [-0.39, 0.29) is 5.92 Å². The van der Waals surface area contributed by atoms with Crippen LogP contribution in [0.5, 0.6) is 0 Å². The van der Waals surface area contributed by atoms with Crippen LogP contribution in [0.2, 0.25) is 0 Å². The zero-order chi connectivity index (χ0) is 23.5. The number of piperidine rings is 2. The summed E-state index contributed by atoms with van der Waals surface area (Å²) < 4.78 is 0. The number of anilines is 1. The first-order chi connectivity index (χ1) is 16.6. The number of hydrogen-bond donors (Lipinski definition) is 0. The van der Waals surface area contributed by atoms with E-state index in [4.69, 9.17) is 0 Å². The van der Waals surface area contributed by atoms with Crippen LogP contribution in [-0.4, -0.2) is 42.0 Å². The number of amides is 1. The summed E-state index contributed by atoms with van der Waals surface area (Å²) in [5.74, 6) is 1.08. The SMILES string of the molecule is Cc1ccc2ncc(C#N)c(N3CCC(C(=O)N4CCC(Cc5ccccc5)CC4)CC3)c2c1. The van der Waals surface area contributed by atoms with Gasteiger partial charge < -0.3 is 9.80 Å². The minimum atomic E-state index is 0.0855. The first-order valence-electron chi connectivity index (χ1n) is 12.5. The summed E-state index contributed by atoms with van der Waals surface area (Å²) in [7, 11) is 0. The zero-order valence-electron chi connectivity index (χ0n) is 19.9. The molecule has 174 valence electrons. The van der Waals surface area contributed by atoms with E-state index < -0.39 is 0 Å². The average molecular weight is 453 g/mol. The number of pyridine rings is 1. The van der Waals surface area contributed by atoms with Crippen LogP contribution in [0, 0.1) is 30.1 Å². The highest BCUT2D eigenvalue weighted by Gasteiger charge is 2.32. The number of nitriles is 1. The standard InChI is InChI=1S/C29H32N4O/c1-21-7-8-27-26(17-21)28(25(19-30)20-31-27)32-15-11-24(12-16-32)29(34)33-13-9-23(10-14-33)18-22-5-3-2-4-6-22/h2-8,17,20,23-24H,9-16,18H2,1H3. The largest absolute Gasteiger partial charge is 0.370 e. The van der Waals surface area contributed by atoms with Gasteiger partial charge >= 0.3 is 0 Å². The zero-order valence-corrected chi connectivity index (χ0v) is 19.9. The Morgan fingerprint density at radius 1 is 1.03 bits per heavy atom. The maximum Gasteiger partial charge on any atom is 0.225 e. The molecule has 2 aromatic carbocycles.